The Morgan fingerprint density at radius 3 is 2.79 bits per heavy atom. The fourth-order valence-electron chi connectivity index (χ4n) is 4.11. The van der Waals surface area contributed by atoms with E-state index in [4.69, 9.17) is 21.1 Å². The molecule has 4 rings (SSSR count). The highest BCUT2D eigenvalue weighted by molar-refractivity contribution is 6.30. The molecule has 0 amide bonds. The molecule has 2 aromatic carbocycles. The van der Waals surface area contributed by atoms with Crippen molar-refractivity contribution in [2.24, 2.45) is 0 Å². The highest BCUT2D eigenvalue weighted by Gasteiger charge is 2.53. The van der Waals surface area contributed by atoms with Crippen LogP contribution >= 0.6 is 11.6 Å². The minimum Gasteiger partial charge on any atom is -0.493 e. The van der Waals surface area contributed by atoms with Gasteiger partial charge in [0.2, 0.25) is 5.72 Å². The lowest BCUT2D eigenvalue weighted by Crippen LogP contribution is -2.53. The average Bonchev–Trinajstić information content (AvgIpc) is 2.78. The summed E-state index contributed by atoms with van der Waals surface area (Å²) in [5.74, 6) is 1.69. The van der Waals surface area contributed by atoms with E-state index in [9.17, 15) is 0 Å². The van der Waals surface area contributed by atoms with Crippen LogP contribution in [-0.4, -0.2) is 19.9 Å². The van der Waals surface area contributed by atoms with Crippen molar-refractivity contribution in [3.05, 3.63) is 58.1 Å². The van der Waals surface area contributed by atoms with Gasteiger partial charge in [0.1, 0.15) is 0 Å². The highest BCUT2D eigenvalue weighted by atomic mass is 35.5. The van der Waals surface area contributed by atoms with Crippen LogP contribution < -0.4 is 14.4 Å². The van der Waals surface area contributed by atoms with Gasteiger partial charge < -0.3 is 14.4 Å². The Kier molecular flexibility index (Phi) is 3.33. The van der Waals surface area contributed by atoms with Crippen molar-refractivity contribution in [2.75, 3.05) is 19.1 Å². The summed E-state index contributed by atoms with van der Waals surface area (Å²) in [4.78, 5) is 2.21. The summed E-state index contributed by atoms with van der Waals surface area (Å²) < 4.78 is 12.2. The topological polar surface area (TPSA) is 21.7 Å². The van der Waals surface area contributed by atoms with E-state index in [2.05, 4.69) is 44.0 Å². The molecule has 2 atom stereocenters. The number of hydrogen-bond donors (Lipinski definition) is 0. The Morgan fingerprint density at radius 2 is 2.04 bits per heavy atom. The number of benzene rings is 2. The predicted octanol–water partition coefficient (Wildman–Crippen LogP) is 5.09. The van der Waals surface area contributed by atoms with Gasteiger partial charge in [0.05, 0.1) is 7.11 Å². The van der Waals surface area contributed by atoms with Crippen LogP contribution in [0, 0.1) is 0 Å². The number of hydrogen-bond acceptors (Lipinski definition) is 3. The fourth-order valence-corrected chi connectivity index (χ4v) is 4.29. The molecule has 1 spiro atoms. The molecule has 2 heterocycles. The number of anilines is 1. The molecule has 3 nitrogen and oxygen atoms in total. The van der Waals surface area contributed by atoms with Crippen LogP contribution in [0.25, 0.3) is 6.08 Å². The first-order valence-electron chi connectivity index (χ1n) is 8.07. The second-order valence-electron chi connectivity index (χ2n) is 6.49. The van der Waals surface area contributed by atoms with Crippen molar-refractivity contribution in [1.82, 2.24) is 0 Å². The van der Waals surface area contributed by atoms with Crippen molar-refractivity contribution < 1.29 is 9.47 Å². The molecule has 0 bridgehead atoms. The Balaban J connectivity index is 1.91. The van der Waals surface area contributed by atoms with Crippen LogP contribution in [0.15, 0.2) is 42.0 Å². The minimum absolute atomic E-state index is 0.144. The number of fused-ring (bicyclic) bond motifs is 2. The Bertz CT molecular complexity index is 861. The molecule has 2 aromatic rings. The van der Waals surface area contributed by atoms with E-state index < -0.39 is 5.72 Å². The fraction of sp³-hybridized carbons (Fsp3) is 0.300. The molecule has 0 radical (unpaired) electrons. The van der Waals surface area contributed by atoms with E-state index >= 15 is 0 Å². The van der Waals surface area contributed by atoms with Gasteiger partial charge in [0.15, 0.2) is 11.5 Å². The number of ether oxygens (including phenoxy) is 2. The van der Waals surface area contributed by atoms with Crippen molar-refractivity contribution >= 4 is 23.4 Å². The molecular weight excluding hydrogens is 322 g/mol. The quantitative estimate of drug-likeness (QED) is 0.720. The smallest absolute Gasteiger partial charge is 0.212 e. The first-order valence-corrected chi connectivity index (χ1v) is 8.45. The zero-order chi connectivity index (χ0) is 17.1. The van der Waals surface area contributed by atoms with Crippen LogP contribution in [0.4, 0.5) is 5.69 Å². The van der Waals surface area contributed by atoms with E-state index in [0.29, 0.717) is 0 Å². The first kappa shape index (κ1) is 15.4. The Morgan fingerprint density at radius 1 is 1.25 bits per heavy atom. The molecule has 2 aliphatic rings. The average molecular weight is 342 g/mol. The molecule has 0 saturated carbocycles. The summed E-state index contributed by atoms with van der Waals surface area (Å²) in [6.07, 6.45) is 2.20. The molecule has 4 heteroatoms. The molecular formula is C20H20ClNO2. The summed E-state index contributed by atoms with van der Waals surface area (Å²) >= 11 is 6.23. The lowest BCUT2D eigenvalue weighted by molar-refractivity contribution is 0.0870. The van der Waals surface area contributed by atoms with Crippen molar-refractivity contribution in [3.8, 4) is 11.5 Å². The van der Waals surface area contributed by atoms with Crippen LogP contribution in [0.1, 0.15) is 30.9 Å². The number of halogens is 1. The number of likely N-dealkylation sites (N-methyl/N-ethyl adjacent to an activating group) is 1. The summed E-state index contributed by atoms with van der Waals surface area (Å²) in [6, 6.07) is 12.0. The molecule has 0 saturated heterocycles. The summed E-state index contributed by atoms with van der Waals surface area (Å²) in [5.41, 5.74) is 4.01. The van der Waals surface area contributed by atoms with Gasteiger partial charge in [-0.1, -0.05) is 30.7 Å². The normalized spacial score (nSPS) is 24.3. The molecule has 2 unspecified atom stereocenters. The zero-order valence-electron chi connectivity index (χ0n) is 14.3. The monoisotopic (exact) mass is 341 g/mol. The van der Waals surface area contributed by atoms with Gasteiger partial charge in [-0.2, -0.15) is 0 Å². The first-order chi connectivity index (χ1) is 11.5. The molecule has 24 heavy (non-hydrogen) atoms. The summed E-state index contributed by atoms with van der Waals surface area (Å²) in [5, 5.41) is 0.751. The number of methoxy groups -OCH3 is 1. The maximum atomic E-state index is 6.65. The van der Waals surface area contributed by atoms with E-state index in [1.807, 2.05) is 24.3 Å². The van der Waals surface area contributed by atoms with Crippen LogP contribution in [0.2, 0.25) is 5.02 Å². The standard InChI is InChI=1S/C20H20ClNO2/c1-12-10-14-6-5-7-18(23-4)19(14)24-20(12)13(2)16-11-15(21)8-9-17(16)22(20)3/h5-11,13H,1-4H3. The van der Waals surface area contributed by atoms with Gasteiger partial charge in [-0.3, -0.25) is 0 Å². The van der Waals surface area contributed by atoms with Gasteiger partial charge in [0, 0.05) is 29.2 Å². The van der Waals surface area contributed by atoms with Crippen LogP contribution in [0.3, 0.4) is 0 Å². The van der Waals surface area contributed by atoms with E-state index in [-0.39, 0.29) is 5.92 Å². The highest BCUT2D eigenvalue weighted by Crippen LogP contribution is 2.55. The Hall–Kier alpha value is -2.13. The van der Waals surface area contributed by atoms with Gasteiger partial charge >= 0.3 is 0 Å². The summed E-state index contributed by atoms with van der Waals surface area (Å²) in [6.45, 7) is 4.32. The zero-order valence-corrected chi connectivity index (χ0v) is 15.0. The van der Waals surface area contributed by atoms with Gasteiger partial charge in [0.25, 0.3) is 0 Å². The van der Waals surface area contributed by atoms with Crippen molar-refractivity contribution in [3.63, 3.8) is 0 Å². The molecule has 124 valence electrons. The predicted molar refractivity (Wildman–Crippen MR) is 98.3 cm³/mol. The van der Waals surface area contributed by atoms with E-state index in [1.165, 1.54) is 11.1 Å². The minimum atomic E-state index is -0.561. The summed E-state index contributed by atoms with van der Waals surface area (Å²) in [7, 11) is 3.75. The maximum Gasteiger partial charge on any atom is 0.212 e. The van der Waals surface area contributed by atoms with Crippen LogP contribution in [-0.2, 0) is 0 Å². The van der Waals surface area contributed by atoms with E-state index in [0.717, 1.165) is 27.8 Å². The SMILES string of the molecule is COc1cccc2c1OC1(C(C)=C2)C(C)c2cc(Cl)ccc2N1C. The molecule has 0 fully saturated rings. The molecule has 0 aromatic heterocycles. The largest absolute Gasteiger partial charge is 0.493 e. The van der Waals surface area contributed by atoms with Gasteiger partial charge in [-0.05, 0) is 48.4 Å². The van der Waals surface area contributed by atoms with Crippen LogP contribution in [0.5, 0.6) is 11.5 Å². The van der Waals surface area contributed by atoms with Crippen molar-refractivity contribution in [2.45, 2.75) is 25.5 Å². The number of rotatable bonds is 1. The molecule has 2 aliphatic heterocycles. The number of para-hydroxylation sites is 1. The lowest BCUT2D eigenvalue weighted by atomic mass is 9.85. The molecule has 0 N–H and O–H groups in total. The molecule has 0 aliphatic carbocycles. The van der Waals surface area contributed by atoms with E-state index in [1.54, 1.807) is 7.11 Å². The Labute approximate surface area is 147 Å². The van der Waals surface area contributed by atoms with Gasteiger partial charge in [-0.15, -0.1) is 0 Å². The van der Waals surface area contributed by atoms with Gasteiger partial charge in [-0.25, -0.2) is 0 Å². The third kappa shape index (κ3) is 1.85. The second-order valence-corrected chi connectivity index (χ2v) is 6.92. The van der Waals surface area contributed by atoms with Crippen molar-refractivity contribution in [1.29, 1.82) is 0 Å². The second kappa shape index (κ2) is 5.18. The number of nitrogens with zero attached hydrogens (tertiary/aromatic N) is 1. The lowest BCUT2D eigenvalue weighted by Gasteiger charge is -2.44. The third-order valence-electron chi connectivity index (χ3n) is 5.33. The third-order valence-corrected chi connectivity index (χ3v) is 5.56. The maximum absolute atomic E-state index is 6.65.